The molecule has 0 unspecified atom stereocenters. The molecule has 0 aromatic heterocycles. The van der Waals surface area contributed by atoms with Gasteiger partial charge in [-0.15, -0.1) is 0 Å². The molecule has 0 bridgehead atoms. The quantitative estimate of drug-likeness (QED) is 0.439. The van der Waals surface area contributed by atoms with Crippen molar-refractivity contribution in [2.75, 3.05) is 14.2 Å². The van der Waals surface area contributed by atoms with E-state index < -0.39 is 41.7 Å². The van der Waals surface area contributed by atoms with E-state index in [9.17, 15) is 24.3 Å². The second kappa shape index (κ2) is 9.67. The number of carbonyl (C=O) groups is 4. The Morgan fingerprint density at radius 1 is 1.00 bits per heavy atom. The number of benzene rings is 1. The predicted molar refractivity (Wildman–Crippen MR) is 97.4 cm³/mol. The first-order chi connectivity index (χ1) is 12.1. The van der Waals surface area contributed by atoms with Gasteiger partial charge in [-0.05, 0) is 18.2 Å². The topological polar surface area (TPSA) is 119 Å². The minimum Gasteiger partial charge on any atom is -0.480 e. The molecule has 0 aliphatic rings. The fourth-order valence-electron chi connectivity index (χ4n) is 2.30. The molecule has 1 amide bonds. The summed E-state index contributed by atoms with van der Waals surface area (Å²) >= 11 is 6.47. The minimum absolute atomic E-state index is 0.192. The Morgan fingerprint density at radius 3 is 1.85 bits per heavy atom. The summed E-state index contributed by atoms with van der Waals surface area (Å²) < 4.78 is 10.3. The van der Waals surface area contributed by atoms with Crippen LogP contribution in [0.1, 0.15) is 17.3 Å². The van der Waals surface area contributed by atoms with Crippen LogP contribution in [0.5, 0.6) is 0 Å². The number of methoxy groups -OCH3 is 2. The van der Waals surface area contributed by atoms with Crippen LogP contribution in [0.25, 0.3) is 0 Å². The maximum Gasteiger partial charge on any atom is 0.326 e. The van der Waals surface area contributed by atoms with Gasteiger partial charge in [0.2, 0.25) is 0 Å². The van der Waals surface area contributed by atoms with Gasteiger partial charge in [-0.1, -0.05) is 38.8 Å². The molecule has 142 valence electrons. The van der Waals surface area contributed by atoms with E-state index in [1.54, 1.807) is 6.07 Å². The maximum absolute atomic E-state index is 12.4. The Balaban J connectivity index is 3.13. The average Bonchev–Trinajstić information content (AvgIpc) is 2.57. The number of nitrogens with one attached hydrogen (secondary N) is 1. The second-order valence-corrected chi connectivity index (χ2v) is 7.16. The van der Waals surface area contributed by atoms with Crippen molar-refractivity contribution in [3.8, 4) is 0 Å². The smallest absolute Gasteiger partial charge is 0.326 e. The van der Waals surface area contributed by atoms with Crippen LogP contribution in [-0.4, -0.2) is 49.2 Å². The minimum atomic E-state index is -1.52. The highest BCUT2D eigenvalue weighted by atomic mass is 79.9. The maximum atomic E-state index is 12.4. The zero-order valence-electron chi connectivity index (χ0n) is 14.1. The van der Waals surface area contributed by atoms with Crippen molar-refractivity contribution in [3.63, 3.8) is 0 Å². The van der Waals surface area contributed by atoms with Crippen LogP contribution >= 0.6 is 31.9 Å². The molecular weight excluding hydrogens is 478 g/mol. The van der Waals surface area contributed by atoms with Gasteiger partial charge in [-0.2, -0.15) is 0 Å². The van der Waals surface area contributed by atoms with Crippen molar-refractivity contribution in [2.24, 2.45) is 11.8 Å². The third-order valence-electron chi connectivity index (χ3n) is 3.64. The average molecular weight is 495 g/mol. The molecule has 2 atom stereocenters. The number of carboxylic acids is 1. The molecule has 8 nitrogen and oxygen atoms in total. The van der Waals surface area contributed by atoms with Crippen molar-refractivity contribution in [2.45, 2.75) is 13.0 Å². The first-order valence-electron chi connectivity index (χ1n) is 7.27. The zero-order chi connectivity index (χ0) is 20.0. The van der Waals surface area contributed by atoms with Crippen LogP contribution in [0.15, 0.2) is 27.1 Å². The molecule has 0 aliphatic heterocycles. The van der Waals surface area contributed by atoms with Crippen molar-refractivity contribution in [1.82, 2.24) is 5.32 Å². The number of hydrogen-bond acceptors (Lipinski definition) is 6. The Kier molecular flexibility index (Phi) is 8.22. The van der Waals surface area contributed by atoms with Crippen molar-refractivity contribution in [1.29, 1.82) is 0 Å². The molecule has 0 spiro atoms. The molecule has 2 N–H and O–H groups in total. The van der Waals surface area contributed by atoms with E-state index in [2.05, 4.69) is 46.7 Å². The van der Waals surface area contributed by atoms with E-state index in [1.807, 2.05) is 0 Å². The largest absolute Gasteiger partial charge is 0.480 e. The number of hydrogen-bond donors (Lipinski definition) is 2. The molecule has 1 aromatic carbocycles. The molecule has 0 radical (unpaired) electrons. The van der Waals surface area contributed by atoms with Gasteiger partial charge in [0.05, 0.1) is 14.2 Å². The summed E-state index contributed by atoms with van der Waals surface area (Å²) in [5.41, 5.74) is 0.192. The van der Waals surface area contributed by atoms with E-state index in [0.717, 1.165) is 14.2 Å². The van der Waals surface area contributed by atoms with Crippen LogP contribution in [0.2, 0.25) is 0 Å². The lowest BCUT2D eigenvalue weighted by Gasteiger charge is -2.26. The number of rotatable bonds is 7. The molecule has 26 heavy (non-hydrogen) atoms. The number of halogens is 2. The number of esters is 2. The number of carboxylic acid groups (broad SMARTS) is 1. The summed E-state index contributed by atoms with van der Waals surface area (Å²) in [4.78, 5) is 47.8. The fourth-order valence-corrected chi connectivity index (χ4v) is 3.59. The monoisotopic (exact) mass is 493 g/mol. The van der Waals surface area contributed by atoms with Gasteiger partial charge in [0, 0.05) is 20.4 Å². The Morgan fingerprint density at radius 2 is 1.46 bits per heavy atom. The van der Waals surface area contributed by atoms with Gasteiger partial charge >= 0.3 is 17.9 Å². The summed E-state index contributed by atoms with van der Waals surface area (Å²) in [6.45, 7) is 1.34. The Hall–Kier alpha value is -1.94. The van der Waals surface area contributed by atoms with Gasteiger partial charge < -0.3 is 19.9 Å². The van der Waals surface area contributed by atoms with Gasteiger partial charge in [0.25, 0.3) is 5.91 Å². The summed E-state index contributed by atoms with van der Waals surface area (Å²) in [6.07, 6.45) is 0. The molecule has 0 fully saturated rings. The zero-order valence-corrected chi connectivity index (χ0v) is 17.3. The number of carbonyl (C=O) groups excluding carboxylic acids is 3. The van der Waals surface area contributed by atoms with Crippen molar-refractivity contribution >= 4 is 55.7 Å². The number of aliphatic carboxylic acids is 1. The number of ether oxygens (including phenoxy) is 2. The molecular formula is C16H17Br2NO7. The van der Waals surface area contributed by atoms with Crippen LogP contribution in [0.3, 0.4) is 0 Å². The standard InChI is InChI=1S/C16H17Br2NO7/c1-7(11(15(23)25-2)16(24)26-3)12(14(21)22)19-13(20)8-4-9(17)6-10(18)5-8/h4-7,11-12H,1-3H3,(H,19,20)(H,21,22)/t7-,12-/m1/s1. The third-order valence-corrected chi connectivity index (χ3v) is 4.55. The van der Waals surface area contributed by atoms with Gasteiger partial charge in [0.1, 0.15) is 6.04 Å². The Bertz CT molecular complexity index is 686. The van der Waals surface area contributed by atoms with Crippen LogP contribution in [-0.2, 0) is 23.9 Å². The van der Waals surface area contributed by atoms with Crippen LogP contribution < -0.4 is 5.32 Å². The molecule has 10 heteroatoms. The van der Waals surface area contributed by atoms with E-state index in [1.165, 1.54) is 19.1 Å². The van der Waals surface area contributed by atoms with Crippen molar-refractivity contribution in [3.05, 3.63) is 32.7 Å². The van der Waals surface area contributed by atoms with E-state index in [4.69, 9.17) is 0 Å². The lowest BCUT2D eigenvalue weighted by molar-refractivity contribution is -0.162. The first kappa shape index (κ1) is 22.1. The van der Waals surface area contributed by atoms with Gasteiger partial charge in [-0.25, -0.2) is 4.79 Å². The summed E-state index contributed by atoms with van der Waals surface area (Å²) in [7, 11) is 2.14. The lowest BCUT2D eigenvalue weighted by atomic mass is 9.87. The normalized spacial score (nSPS) is 12.8. The molecule has 0 heterocycles. The van der Waals surface area contributed by atoms with E-state index in [-0.39, 0.29) is 5.56 Å². The lowest BCUT2D eigenvalue weighted by Crippen LogP contribution is -2.50. The van der Waals surface area contributed by atoms with Gasteiger partial charge in [-0.3, -0.25) is 14.4 Å². The SMILES string of the molecule is COC(=O)C(C(=O)OC)[C@@H](C)[C@@H](NC(=O)c1cc(Br)cc(Br)c1)C(=O)O. The Labute approximate surface area is 166 Å². The van der Waals surface area contributed by atoms with E-state index in [0.29, 0.717) is 8.95 Å². The molecule has 1 aromatic rings. The highest BCUT2D eigenvalue weighted by molar-refractivity contribution is 9.11. The first-order valence-corrected chi connectivity index (χ1v) is 8.86. The fraction of sp³-hybridized carbons (Fsp3) is 0.375. The highest BCUT2D eigenvalue weighted by Gasteiger charge is 2.42. The molecule has 0 saturated heterocycles. The summed E-state index contributed by atoms with van der Waals surface area (Å²) in [6, 6.07) is 3.19. The highest BCUT2D eigenvalue weighted by Crippen LogP contribution is 2.22. The van der Waals surface area contributed by atoms with E-state index >= 15 is 0 Å². The molecule has 0 aliphatic carbocycles. The summed E-state index contributed by atoms with van der Waals surface area (Å²) in [5, 5.41) is 11.8. The number of amides is 1. The van der Waals surface area contributed by atoms with Crippen LogP contribution in [0.4, 0.5) is 0 Å². The van der Waals surface area contributed by atoms with Crippen LogP contribution in [0, 0.1) is 11.8 Å². The molecule has 0 saturated carbocycles. The third kappa shape index (κ3) is 5.53. The second-order valence-electron chi connectivity index (χ2n) is 5.33. The van der Waals surface area contributed by atoms with Gasteiger partial charge in [0.15, 0.2) is 5.92 Å². The van der Waals surface area contributed by atoms with Crippen molar-refractivity contribution < 1.29 is 33.8 Å². The molecule has 1 rings (SSSR count). The summed E-state index contributed by atoms with van der Waals surface area (Å²) in [5.74, 6) is -6.60. The predicted octanol–water partition coefficient (Wildman–Crippen LogP) is 1.99.